The lowest BCUT2D eigenvalue weighted by Gasteiger charge is -2.36. The molecule has 1 amide bonds. The van der Waals surface area contributed by atoms with E-state index >= 15 is 0 Å². The Balaban J connectivity index is 1.42. The van der Waals surface area contributed by atoms with Crippen LogP contribution in [0.3, 0.4) is 0 Å². The van der Waals surface area contributed by atoms with Crippen LogP contribution in [0.15, 0.2) is 35.4 Å². The Morgan fingerprint density at radius 2 is 1.97 bits per heavy atom. The van der Waals surface area contributed by atoms with Crippen molar-refractivity contribution in [3.05, 3.63) is 57.0 Å². The molecule has 0 saturated carbocycles. The number of hydrogen-bond donors (Lipinski definition) is 2. The maximum absolute atomic E-state index is 12.2. The number of anilines is 1. The minimum Gasteiger partial charge on any atom is -0.368 e. The Morgan fingerprint density at radius 3 is 2.61 bits per heavy atom. The minimum atomic E-state index is -0.205. The number of H-pyrrole nitrogens is 1. The van der Waals surface area contributed by atoms with Crippen molar-refractivity contribution in [2.75, 3.05) is 38.1 Å². The first-order chi connectivity index (χ1) is 15.0. The summed E-state index contributed by atoms with van der Waals surface area (Å²) in [7, 11) is 1.59. The number of fused-ring (bicyclic) bond motifs is 1. The van der Waals surface area contributed by atoms with Gasteiger partial charge < -0.3 is 15.2 Å². The van der Waals surface area contributed by atoms with Gasteiger partial charge in [-0.1, -0.05) is 12.2 Å². The van der Waals surface area contributed by atoms with Crippen LogP contribution in [0, 0.1) is 4.64 Å². The number of rotatable bonds is 5. The van der Waals surface area contributed by atoms with E-state index < -0.39 is 0 Å². The molecule has 3 aromatic heterocycles. The Morgan fingerprint density at radius 1 is 1.19 bits per heavy atom. The standard InChI is InChI=1S/C21H25N7O2S/c1-3-28-20(31)18-17(25-21(28)30)10-14(11-24-18)13-26-6-8-27(9-7-26)15-4-5-16(23-12-15)19(29)22-2/h4-5,10-12H,3,6-9,13H2,1-2H3,(H,22,29)(H,25,30). The number of aromatic nitrogens is 4. The number of pyridine rings is 2. The largest absolute Gasteiger partial charge is 0.368 e. The number of hydrogen-bond acceptors (Lipinski definition) is 7. The number of nitrogens with zero attached hydrogens (tertiary/aromatic N) is 5. The van der Waals surface area contributed by atoms with Gasteiger partial charge in [0.2, 0.25) is 0 Å². The van der Waals surface area contributed by atoms with Gasteiger partial charge in [-0.25, -0.2) is 9.78 Å². The second kappa shape index (κ2) is 8.94. The van der Waals surface area contributed by atoms with Gasteiger partial charge in [-0.05, 0) is 30.7 Å². The number of nitrogens with one attached hydrogen (secondary N) is 2. The third-order valence-corrected chi connectivity index (χ3v) is 5.96. The summed E-state index contributed by atoms with van der Waals surface area (Å²) in [6, 6.07) is 5.65. The fraction of sp³-hybridized carbons (Fsp3) is 0.381. The Hall–Kier alpha value is -3.11. The maximum atomic E-state index is 12.2. The monoisotopic (exact) mass is 439 g/mol. The molecule has 0 radical (unpaired) electrons. The fourth-order valence-electron chi connectivity index (χ4n) is 3.81. The summed E-state index contributed by atoms with van der Waals surface area (Å²) in [4.78, 5) is 40.1. The quantitative estimate of drug-likeness (QED) is 0.582. The van der Waals surface area contributed by atoms with Gasteiger partial charge >= 0.3 is 5.69 Å². The van der Waals surface area contributed by atoms with Crippen LogP contribution in [0.25, 0.3) is 11.0 Å². The van der Waals surface area contributed by atoms with Crippen molar-refractivity contribution in [3.63, 3.8) is 0 Å². The molecule has 31 heavy (non-hydrogen) atoms. The Kier molecular flexibility index (Phi) is 6.10. The van der Waals surface area contributed by atoms with E-state index in [1.807, 2.05) is 25.3 Å². The lowest BCUT2D eigenvalue weighted by atomic mass is 10.2. The lowest BCUT2D eigenvalue weighted by molar-refractivity contribution is 0.0958. The topological polar surface area (TPSA) is 99.2 Å². The normalized spacial score (nSPS) is 14.7. The molecule has 4 rings (SSSR count). The molecule has 1 aliphatic rings. The number of carbonyl (C=O) groups excluding carboxylic acids is 1. The molecule has 2 N–H and O–H groups in total. The van der Waals surface area contributed by atoms with Crippen molar-refractivity contribution in [2.24, 2.45) is 0 Å². The molecule has 9 nitrogen and oxygen atoms in total. The molecule has 0 unspecified atom stereocenters. The van der Waals surface area contributed by atoms with Gasteiger partial charge in [-0.3, -0.25) is 19.2 Å². The van der Waals surface area contributed by atoms with Gasteiger partial charge in [0.15, 0.2) is 0 Å². The van der Waals surface area contributed by atoms with Crippen molar-refractivity contribution in [3.8, 4) is 0 Å². The molecule has 0 aliphatic carbocycles. The molecule has 1 saturated heterocycles. The first-order valence-corrected chi connectivity index (χ1v) is 10.7. The van der Waals surface area contributed by atoms with Gasteiger partial charge in [0, 0.05) is 52.5 Å². The Bertz CT molecular complexity index is 1210. The van der Waals surface area contributed by atoms with E-state index in [0.29, 0.717) is 27.9 Å². The second-order valence-electron chi connectivity index (χ2n) is 7.46. The summed E-state index contributed by atoms with van der Waals surface area (Å²) in [6.45, 7) is 6.67. The predicted molar refractivity (Wildman–Crippen MR) is 122 cm³/mol. The third-order valence-electron chi connectivity index (χ3n) is 5.55. The van der Waals surface area contributed by atoms with E-state index in [4.69, 9.17) is 12.2 Å². The van der Waals surface area contributed by atoms with Gasteiger partial charge in [0.1, 0.15) is 15.9 Å². The van der Waals surface area contributed by atoms with E-state index in [0.717, 1.165) is 44.0 Å². The molecular formula is C21H25N7O2S. The fourth-order valence-corrected chi connectivity index (χ4v) is 4.18. The second-order valence-corrected chi connectivity index (χ2v) is 7.85. The van der Waals surface area contributed by atoms with Crippen molar-refractivity contribution in [2.45, 2.75) is 20.0 Å². The average molecular weight is 440 g/mol. The zero-order chi connectivity index (χ0) is 22.0. The highest BCUT2D eigenvalue weighted by Gasteiger charge is 2.18. The van der Waals surface area contributed by atoms with E-state index in [1.54, 1.807) is 19.3 Å². The van der Waals surface area contributed by atoms with Crippen LogP contribution in [0.4, 0.5) is 5.69 Å². The van der Waals surface area contributed by atoms with E-state index in [9.17, 15) is 9.59 Å². The molecular weight excluding hydrogens is 414 g/mol. The summed E-state index contributed by atoms with van der Waals surface area (Å²) < 4.78 is 1.98. The van der Waals surface area contributed by atoms with Crippen LogP contribution in [0.1, 0.15) is 23.0 Å². The van der Waals surface area contributed by atoms with Crippen molar-refractivity contribution < 1.29 is 4.79 Å². The molecule has 162 valence electrons. The molecule has 0 atom stereocenters. The third kappa shape index (κ3) is 4.35. The predicted octanol–water partition coefficient (Wildman–Crippen LogP) is 1.55. The number of piperazine rings is 1. The van der Waals surface area contributed by atoms with Crippen LogP contribution in [0.2, 0.25) is 0 Å². The van der Waals surface area contributed by atoms with E-state index in [1.165, 1.54) is 4.57 Å². The minimum absolute atomic E-state index is 0.186. The molecule has 0 aromatic carbocycles. The molecule has 10 heteroatoms. The number of amides is 1. The smallest absolute Gasteiger partial charge is 0.327 e. The molecule has 1 fully saturated rings. The van der Waals surface area contributed by atoms with Gasteiger partial charge in [-0.2, -0.15) is 0 Å². The SMILES string of the molecule is CCn1c(=O)[nH]c2cc(CN3CCN(c4ccc(C(=O)NC)nc4)CC3)cnc2c1=S. The van der Waals surface area contributed by atoms with Gasteiger partial charge in [0.25, 0.3) is 5.91 Å². The van der Waals surface area contributed by atoms with Crippen LogP contribution in [0.5, 0.6) is 0 Å². The van der Waals surface area contributed by atoms with Crippen molar-refractivity contribution in [1.29, 1.82) is 0 Å². The zero-order valence-corrected chi connectivity index (χ0v) is 18.4. The van der Waals surface area contributed by atoms with E-state index in [-0.39, 0.29) is 11.6 Å². The van der Waals surface area contributed by atoms with Gasteiger partial charge in [-0.15, -0.1) is 0 Å². The average Bonchev–Trinajstić information content (AvgIpc) is 2.79. The summed E-state index contributed by atoms with van der Waals surface area (Å²) in [5, 5.41) is 2.58. The van der Waals surface area contributed by atoms with Crippen molar-refractivity contribution >= 4 is 34.8 Å². The Labute approximate surface area is 184 Å². The molecule has 0 spiro atoms. The maximum Gasteiger partial charge on any atom is 0.327 e. The highest BCUT2D eigenvalue weighted by Crippen LogP contribution is 2.18. The van der Waals surface area contributed by atoms with Crippen LogP contribution in [-0.2, 0) is 13.1 Å². The zero-order valence-electron chi connectivity index (χ0n) is 17.6. The first-order valence-electron chi connectivity index (χ1n) is 10.3. The highest BCUT2D eigenvalue weighted by atomic mass is 32.1. The first kappa shape index (κ1) is 21.1. The number of carbonyl (C=O) groups is 1. The molecule has 1 aliphatic heterocycles. The molecule has 3 aromatic rings. The number of aromatic amines is 1. The van der Waals surface area contributed by atoms with Gasteiger partial charge in [0.05, 0.1) is 17.4 Å². The van der Waals surface area contributed by atoms with Crippen LogP contribution in [-0.4, -0.2) is 63.6 Å². The summed E-state index contributed by atoms with van der Waals surface area (Å²) in [5.41, 5.74) is 3.59. The van der Waals surface area contributed by atoms with Crippen LogP contribution < -0.4 is 15.9 Å². The summed E-state index contributed by atoms with van der Waals surface area (Å²) in [6.07, 6.45) is 3.59. The summed E-state index contributed by atoms with van der Waals surface area (Å²) in [5.74, 6) is -0.186. The highest BCUT2D eigenvalue weighted by molar-refractivity contribution is 7.71. The molecule has 0 bridgehead atoms. The van der Waals surface area contributed by atoms with E-state index in [2.05, 4.69) is 30.1 Å². The van der Waals surface area contributed by atoms with Crippen molar-refractivity contribution in [1.82, 2.24) is 29.7 Å². The lowest BCUT2D eigenvalue weighted by Crippen LogP contribution is -2.46. The summed E-state index contributed by atoms with van der Waals surface area (Å²) >= 11 is 5.41. The molecule has 4 heterocycles. The van der Waals surface area contributed by atoms with Crippen LogP contribution >= 0.6 is 12.2 Å².